The molecule has 1 aromatic rings. The standard InChI is InChI=1S/C27H40O3/c1-19(2)9-7-10-20(3)11-8-12-21(4)15-25(28)16-22(5)13-14-24-18-26(29)17-23(6)27(24)30/h9,11,13,15,17-18,25,28-30H,7-8,10,12,14,16H2,1-6H3/b20-11+,21-15+,22-13+/t25-/m0/s1. The van der Waals surface area contributed by atoms with Crippen molar-refractivity contribution in [2.45, 2.75) is 86.2 Å². The van der Waals surface area contributed by atoms with Gasteiger partial charge in [-0.05, 0) is 97.8 Å². The van der Waals surface area contributed by atoms with Crippen molar-refractivity contribution in [3.05, 3.63) is 69.9 Å². The molecule has 3 nitrogen and oxygen atoms in total. The molecule has 0 unspecified atom stereocenters. The molecule has 1 rings (SSSR count). The quantitative estimate of drug-likeness (QED) is 0.269. The minimum atomic E-state index is -0.511. The first-order chi connectivity index (χ1) is 14.1. The molecule has 166 valence electrons. The lowest BCUT2D eigenvalue weighted by atomic mass is 10.0. The van der Waals surface area contributed by atoms with Crippen LogP contribution in [0.25, 0.3) is 0 Å². The summed E-state index contributed by atoms with van der Waals surface area (Å²) in [6, 6.07) is 3.13. The van der Waals surface area contributed by atoms with Crippen LogP contribution in [0.4, 0.5) is 0 Å². The Morgan fingerprint density at radius 3 is 2.17 bits per heavy atom. The van der Waals surface area contributed by atoms with Gasteiger partial charge in [-0.1, -0.05) is 46.6 Å². The Kier molecular flexibility index (Phi) is 11.3. The highest BCUT2D eigenvalue weighted by molar-refractivity contribution is 5.46. The first-order valence-electron chi connectivity index (χ1n) is 10.9. The van der Waals surface area contributed by atoms with Crippen LogP contribution in [-0.2, 0) is 6.42 Å². The summed E-state index contributed by atoms with van der Waals surface area (Å²) in [6.07, 6.45) is 13.3. The fraction of sp³-hybridized carbons (Fsp3) is 0.481. The monoisotopic (exact) mass is 412 g/mol. The van der Waals surface area contributed by atoms with Crippen molar-refractivity contribution in [3.8, 4) is 11.5 Å². The van der Waals surface area contributed by atoms with Gasteiger partial charge in [-0.3, -0.25) is 0 Å². The molecule has 1 aromatic carbocycles. The number of aliphatic hydroxyl groups excluding tert-OH is 1. The normalized spacial score (nSPS) is 14.0. The number of phenolic OH excluding ortho intramolecular Hbond substituents is 2. The highest BCUT2D eigenvalue weighted by Gasteiger charge is 2.07. The van der Waals surface area contributed by atoms with E-state index in [1.54, 1.807) is 19.1 Å². The third-order valence-electron chi connectivity index (χ3n) is 5.17. The molecule has 0 aliphatic heterocycles. The number of allylic oxidation sites excluding steroid dienone is 6. The molecule has 1 atom stereocenters. The Morgan fingerprint density at radius 1 is 0.867 bits per heavy atom. The maximum atomic E-state index is 10.4. The van der Waals surface area contributed by atoms with Crippen LogP contribution >= 0.6 is 0 Å². The van der Waals surface area contributed by atoms with Crippen LogP contribution in [0.3, 0.4) is 0 Å². The van der Waals surface area contributed by atoms with E-state index >= 15 is 0 Å². The van der Waals surface area contributed by atoms with E-state index in [0.29, 0.717) is 24.0 Å². The molecule has 0 fully saturated rings. The Labute approximate surface area is 183 Å². The number of hydrogen-bond acceptors (Lipinski definition) is 3. The molecular formula is C27H40O3. The highest BCUT2D eigenvalue weighted by atomic mass is 16.3. The Bertz CT molecular complexity index is 806. The molecule has 0 aliphatic carbocycles. The van der Waals surface area contributed by atoms with Crippen molar-refractivity contribution in [2.75, 3.05) is 0 Å². The van der Waals surface area contributed by atoms with E-state index in [1.165, 1.54) is 16.7 Å². The SMILES string of the molecule is CC(C)=CCC/C(C)=C/CC/C(C)=C/[C@H](O)C/C(C)=C/Cc1cc(O)cc(C)c1O. The summed E-state index contributed by atoms with van der Waals surface area (Å²) in [7, 11) is 0. The summed E-state index contributed by atoms with van der Waals surface area (Å²) >= 11 is 0. The summed E-state index contributed by atoms with van der Waals surface area (Å²) in [6.45, 7) is 12.3. The lowest BCUT2D eigenvalue weighted by Gasteiger charge is -2.10. The summed E-state index contributed by atoms with van der Waals surface area (Å²) in [5.74, 6) is 0.378. The predicted molar refractivity (Wildman–Crippen MR) is 128 cm³/mol. The summed E-state index contributed by atoms with van der Waals surface area (Å²) in [5, 5.41) is 30.2. The number of hydrogen-bond donors (Lipinski definition) is 3. The molecule has 0 spiro atoms. The van der Waals surface area contributed by atoms with E-state index in [2.05, 4.69) is 39.8 Å². The van der Waals surface area contributed by atoms with Gasteiger partial charge >= 0.3 is 0 Å². The minimum absolute atomic E-state index is 0.158. The number of phenols is 2. The van der Waals surface area contributed by atoms with E-state index in [4.69, 9.17) is 0 Å². The third-order valence-corrected chi connectivity index (χ3v) is 5.17. The second-order valence-corrected chi connectivity index (χ2v) is 8.72. The van der Waals surface area contributed by atoms with Crippen molar-refractivity contribution in [3.63, 3.8) is 0 Å². The number of aliphatic hydroxyl groups is 1. The lowest BCUT2D eigenvalue weighted by molar-refractivity contribution is 0.222. The molecule has 0 saturated heterocycles. The Morgan fingerprint density at radius 2 is 1.50 bits per heavy atom. The fourth-order valence-corrected chi connectivity index (χ4v) is 3.39. The van der Waals surface area contributed by atoms with Crippen LogP contribution < -0.4 is 0 Å². The van der Waals surface area contributed by atoms with Crippen LogP contribution in [0.5, 0.6) is 11.5 Å². The zero-order valence-corrected chi connectivity index (χ0v) is 19.6. The molecule has 0 saturated carbocycles. The van der Waals surface area contributed by atoms with Gasteiger partial charge in [-0.15, -0.1) is 0 Å². The molecule has 0 heterocycles. The second-order valence-electron chi connectivity index (χ2n) is 8.72. The largest absolute Gasteiger partial charge is 0.508 e. The van der Waals surface area contributed by atoms with Gasteiger partial charge in [-0.25, -0.2) is 0 Å². The van der Waals surface area contributed by atoms with E-state index < -0.39 is 6.10 Å². The van der Waals surface area contributed by atoms with Gasteiger partial charge in [0.15, 0.2) is 0 Å². The molecule has 0 amide bonds. The number of rotatable bonds is 11. The zero-order chi connectivity index (χ0) is 22.7. The summed E-state index contributed by atoms with van der Waals surface area (Å²) < 4.78 is 0. The smallest absolute Gasteiger partial charge is 0.122 e. The molecule has 0 aliphatic rings. The van der Waals surface area contributed by atoms with E-state index in [9.17, 15) is 15.3 Å². The van der Waals surface area contributed by atoms with Crippen molar-refractivity contribution < 1.29 is 15.3 Å². The van der Waals surface area contributed by atoms with Crippen molar-refractivity contribution >= 4 is 0 Å². The van der Waals surface area contributed by atoms with Crippen molar-refractivity contribution in [1.82, 2.24) is 0 Å². The van der Waals surface area contributed by atoms with Gasteiger partial charge in [0.2, 0.25) is 0 Å². The molecule has 0 bridgehead atoms. The number of aryl methyl sites for hydroxylation is 1. The van der Waals surface area contributed by atoms with Gasteiger partial charge in [-0.2, -0.15) is 0 Å². The molecule has 0 aromatic heterocycles. The molecule has 3 heteroatoms. The molecule has 30 heavy (non-hydrogen) atoms. The van der Waals surface area contributed by atoms with E-state index in [1.807, 2.05) is 19.1 Å². The van der Waals surface area contributed by atoms with Gasteiger partial charge in [0.05, 0.1) is 6.10 Å². The summed E-state index contributed by atoms with van der Waals surface area (Å²) in [5.41, 5.74) is 6.40. The first-order valence-corrected chi connectivity index (χ1v) is 10.9. The van der Waals surface area contributed by atoms with Crippen molar-refractivity contribution in [2.24, 2.45) is 0 Å². The molecular weight excluding hydrogens is 372 g/mol. The Hall–Kier alpha value is -2.26. The maximum absolute atomic E-state index is 10.4. The van der Waals surface area contributed by atoms with Gasteiger partial charge < -0.3 is 15.3 Å². The van der Waals surface area contributed by atoms with Gasteiger partial charge in [0, 0.05) is 5.56 Å². The van der Waals surface area contributed by atoms with Crippen LogP contribution in [0.15, 0.2) is 58.7 Å². The van der Waals surface area contributed by atoms with Gasteiger partial charge in [0.25, 0.3) is 0 Å². The molecule has 0 radical (unpaired) electrons. The minimum Gasteiger partial charge on any atom is -0.508 e. The topological polar surface area (TPSA) is 60.7 Å². The average Bonchev–Trinajstić information content (AvgIpc) is 2.62. The zero-order valence-electron chi connectivity index (χ0n) is 19.6. The van der Waals surface area contributed by atoms with E-state index in [0.717, 1.165) is 31.3 Å². The van der Waals surface area contributed by atoms with Crippen molar-refractivity contribution in [1.29, 1.82) is 0 Å². The number of aromatic hydroxyl groups is 2. The van der Waals surface area contributed by atoms with Gasteiger partial charge in [0.1, 0.15) is 11.5 Å². The highest BCUT2D eigenvalue weighted by Crippen LogP contribution is 2.28. The predicted octanol–water partition coefficient (Wildman–Crippen LogP) is 7.07. The van der Waals surface area contributed by atoms with Crippen LogP contribution in [0.1, 0.15) is 77.8 Å². The van der Waals surface area contributed by atoms with Crippen LogP contribution in [0.2, 0.25) is 0 Å². The molecule has 3 N–H and O–H groups in total. The second kappa shape index (κ2) is 13.1. The van der Waals surface area contributed by atoms with E-state index in [-0.39, 0.29) is 11.5 Å². The van der Waals surface area contributed by atoms with Crippen LogP contribution in [-0.4, -0.2) is 21.4 Å². The Balaban J connectivity index is 2.51. The first kappa shape index (κ1) is 25.8. The number of benzene rings is 1. The lowest BCUT2D eigenvalue weighted by Crippen LogP contribution is -2.04. The average molecular weight is 413 g/mol. The maximum Gasteiger partial charge on any atom is 0.122 e. The van der Waals surface area contributed by atoms with Crippen LogP contribution in [0, 0.1) is 6.92 Å². The third kappa shape index (κ3) is 10.5. The summed E-state index contributed by atoms with van der Waals surface area (Å²) in [4.78, 5) is 0. The fourth-order valence-electron chi connectivity index (χ4n) is 3.39.